The predicted octanol–water partition coefficient (Wildman–Crippen LogP) is 4.55. The van der Waals surface area contributed by atoms with E-state index < -0.39 is 23.7 Å². The van der Waals surface area contributed by atoms with Gasteiger partial charge in [-0.1, -0.05) is 17.8 Å². The fourth-order valence-corrected chi connectivity index (χ4v) is 5.05. The zero-order chi connectivity index (χ0) is 25.8. The number of carboxylic acid groups (broad SMARTS) is 2. The van der Waals surface area contributed by atoms with E-state index in [4.69, 9.17) is 10.2 Å². The first-order chi connectivity index (χ1) is 16.4. The number of carbonyl (C=O) groups is 2. The average molecular weight is 513 g/mol. The van der Waals surface area contributed by atoms with Gasteiger partial charge >= 0.3 is 18.1 Å². The van der Waals surface area contributed by atoms with Gasteiger partial charge in [0.15, 0.2) is 0 Å². The molecule has 1 unspecified atom stereocenters. The second-order valence-electron chi connectivity index (χ2n) is 8.17. The smallest absolute Gasteiger partial charge is 0.416 e. The number of halogens is 4. The summed E-state index contributed by atoms with van der Waals surface area (Å²) in [4.78, 5) is 25.1. The van der Waals surface area contributed by atoms with Crippen LogP contribution < -0.4 is 0 Å². The molecule has 2 heterocycles. The number of carboxylic acids is 2. The quantitative estimate of drug-likeness (QED) is 0.461. The minimum absolute atomic E-state index is 0.143. The maximum Gasteiger partial charge on any atom is 0.416 e. The predicted molar refractivity (Wildman–Crippen MR) is 122 cm³/mol. The maximum absolute atomic E-state index is 13.7. The van der Waals surface area contributed by atoms with Gasteiger partial charge < -0.3 is 15.1 Å². The molecule has 2 aromatic carbocycles. The van der Waals surface area contributed by atoms with Gasteiger partial charge in [0.05, 0.1) is 5.56 Å². The highest BCUT2D eigenvalue weighted by atomic mass is 32.2. The molecule has 2 N–H and O–H groups in total. The van der Waals surface area contributed by atoms with Gasteiger partial charge in [0.2, 0.25) is 0 Å². The van der Waals surface area contributed by atoms with Crippen LogP contribution in [0.2, 0.25) is 0 Å². The summed E-state index contributed by atoms with van der Waals surface area (Å²) in [5.74, 6) is -2.84. The van der Waals surface area contributed by atoms with Gasteiger partial charge in [-0.25, -0.2) is 14.0 Å². The zero-order valence-electron chi connectivity index (χ0n) is 18.8. The molecule has 6 nitrogen and oxygen atoms in total. The molecule has 0 saturated carbocycles. The van der Waals surface area contributed by atoms with Gasteiger partial charge in [0, 0.05) is 54.2 Å². The lowest BCUT2D eigenvalue weighted by Gasteiger charge is -2.38. The number of nitrogens with zero attached hydrogens (tertiary/aromatic N) is 2. The van der Waals surface area contributed by atoms with E-state index >= 15 is 0 Å². The van der Waals surface area contributed by atoms with Crippen LogP contribution in [0, 0.1) is 5.82 Å². The lowest BCUT2D eigenvalue weighted by molar-refractivity contribution is -0.137. The van der Waals surface area contributed by atoms with Crippen molar-refractivity contribution in [3.8, 4) is 0 Å². The van der Waals surface area contributed by atoms with E-state index in [1.54, 1.807) is 6.07 Å². The molecule has 188 valence electrons. The van der Waals surface area contributed by atoms with Crippen LogP contribution >= 0.6 is 11.8 Å². The number of piperazine rings is 1. The van der Waals surface area contributed by atoms with Crippen molar-refractivity contribution in [2.45, 2.75) is 28.4 Å². The number of likely N-dealkylation sites (N-methyl/N-ethyl adjacent to an activating group) is 1. The van der Waals surface area contributed by atoms with Crippen LogP contribution in [0.4, 0.5) is 17.6 Å². The van der Waals surface area contributed by atoms with E-state index in [9.17, 15) is 27.2 Å². The van der Waals surface area contributed by atoms with Crippen molar-refractivity contribution in [3.05, 3.63) is 71.1 Å². The molecule has 0 amide bonds. The molecular weight excluding hydrogens is 488 g/mol. The minimum atomic E-state index is -4.38. The van der Waals surface area contributed by atoms with Crippen LogP contribution in [-0.2, 0) is 22.2 Å². The Balaban J connectivity index is 0.000000371. The molecule has 1 saturated heterocycles. The van der Waals surface area contributed by atoms with Crippen LogP contribution in [0.15, 0.2) is 58.3 Å². The number of rotatable bonds is 3. The van der Waals surface area contributed by atoms with Gasteiger partial charge in [-0.15, -0.1) is 0 Å². The normalized spacial score (nSPS) is 18.7. The number of benzene rings is 2. The van der Waals surface area contributed by atoms with Crippen molar-refractivity contribution in [1.82, 2.24) is 9.80 Å². The molecule has 35 heavy (non-hydrogen) atoms. The summed E-state index contributed by atoms with van der Waals surface area (Å²) in [6.07, 6.45) is -2.68. The van der Waals surface area contributed by atoms with E-state index in [1.165, 1.54) is 36.0 Å². The van der Waals surface area contributed by atoms with Crippen LogP contribution in [-0.4, -0.2) is 65.2 Å². The first-order valence-corrected chi connectivity index (χ1v) is 11.5. The van der Waals surface area contributed by atoms with Crippen LogP contribution in [0.1, 0.15) is 22.7 Å². The lowest BCUT2D eigenvalue weighted by atomic mass is 9.95. The second kappa shape index (κ2) is 11.2. The largest absolute Gasteiger partial charge is 0.478 e. The topological polar surface area (TPSA) is 81.1 Å². The van der Waals surface area contributed by atoms with Crippen molar-refractivity contribution < 1.29 is 37.4 Å². The molecule has 0 aliphatic carbocycles. The van der Waals surface area contributed by atoms with Gasteiger partial charge in [-0.05, 0) is 54.9 Å². The summed E-state index contributed by atoms with van der Waals surface area (Å²) in [6, 6.07) is 8.47. The molecule has 2 aliphatic rings. The first-order valence-electron chi connectivity index (χ1n) is 10.7. The molecule has 2 aliphatic heterocycles. The Labute approximate surface area is 203 Å². The fourth-order valence-electron chi connectivity index (χ4n) is 3.91. The summed E-state index contributed by atoms with van der Waals surface area (Å²) in [6.45, 7) is 3.37. The Morgan fingerprint density at radius 1 is 0.971 bits per heavy atom. The molecule has 1 atom stereocenters. The molecule has 4 rings (SSSR count). The standard InChI is InChI=1S/C20H20F4N2S.C4H4O4/c1-25-6-8-26(9-7-25)17-10-13-2-4-15(21)12-19(13)27-18-5-3-14(11-16(17)18)20(22,23)24;5-3(6)1-2-4(7)8/h2-5,11-12,17H,6-10H2,1H3;1-2H,(H,5,6)(H,7,8)/b;2-1-. The number of fused-ring (bicyclic) bond motifs is 2. The second-order valence-corrected chi connectivity index (χ2v) is 9.26. The van der Waals surface area contributed by atoms with Gasteiger partial charge in [-0.2, -0.15) is 13.2 Å². The molecule has 0 bridgehead atoms. The number of aliphatic carboxylic acids is 2. The molecule has 0 radical (unpaired) electrons. The van der Waals surface area contributed by atoms with E-state index in [1.807, 2.05) is 7.05 Å². The van der Waals surface area contributed by atoms with Crippen LogP contribution in [0.25, 0.3) is 0 Å². The Morgan fingerprint density at radius 3 is 2.17 bits per heavy atom. The van der Waals surface area contributed by atoms with Gasteiger partial charge in [0.1, 0.15) is 5.82 Å². The van der Waals surface area contributed by atoms with Crippen LogP contribution in [0.3, 0.4) is 0 Å². The van der Waals surface area contributed by atoms with E-state index in [0.717, 1.165) is 47.6 Å². The van der Waals surface area contributed by atoms with E-state index in [2.05, 4.69) is 9.80 Å². The number of alkyl halides is 3. The Bertz CT molecular complexity index is 1100. The van der Waals surface area contributed by atoms with Gasteiger partial charge in [0.25, 0.3) is 0 Å². The number of hydrogen-bond donors (Lipinski definition) is 2. The zero-order valence-corrected chi connectivity index (χ0v) is 19.6. The third-order valence-corrected chi connectivity index (χ3v) is 6.90. The van der Waals surface area contributed by atoms with Crippen molar-refractivity contribution in [2.24, 2.45) is 0 Å². The molecule has 0 spiro atoms. The summed E-state index contributed by atoms with van der Waals surface area (Å²) in [5, 5.41) is 15.6. The summed E-state index contributed by atoms with van der Waals surface area (Å²) in [7, 11) is 2.05. The van der Waals surface area contributed by atoms with E-state index in [-0.39, 0.29) is 11.9 Å². The highest BCUT2D eigenvalue weighted by molar-refractivity contribution is 7.99. The molecule has 1 fully saturated rings. The van der Waals surface area contributed by atoms with Crippen molar-refractivity contribution >= 4 is 23.7 Å². The van der Waals surface area contributed by atoms with Gasteiger partial charge in [-0.3, -0.25) is 4.90 Å². The third-order valence-electron chi connectivity index (χ3n) is 5.71. The first kappa shape index (κ1) is 26.7. The van der Waals surface area contributed by atoms with E-state index in [0.29, 0.717) is 24.1 Å². The summed E-state index contributed by atoms with van der Waals surface area (Å²) < 4.78 is 53.7. The fraction of sp³-hybridized carbons (Fsp3) is 0.333. The Kier molecular flexibility index (Phi) is 8.57. The van der Waals surface area contributed by atoms with Crippen molar-refractivity contribution in [1.29, 1.82) is 0 Å². The molecule has 0 aromatic heterocycles. The summed E-state index contributed by atoms with van der Waals surface area (Å²) >= 11 is 1.36. The molecular formula is C24H24F4N2O4S. The lowest BCUT2D eigenvalue weighted by Crippen LogP contribution is -2.46. The highest BCUT2D eigenvalue weighted by Crippen LogP contribution is 2.45. The van der Waals surface area contributed by atoms with Crippen LogP contribution in [0.5, 0.6) is 0 Å². The maximum atomic E-state index is 13.7. The average Bonchev–Trinajstić information content (AvgIpc) is 2.94. The Morgan fingerprint density at radius 2 is 1.60 bits per heavy atom. The molecule has 2 aromatic rings. The third kappa shape index (κ3) is 7.30. The minimum Gasteiger partial charge on any atom is -0.478 e. The van der Waals surface area contributed by atoms with Crippen molar-refractivity contribution in [2.75, 3.05) is 33.2 Å². The van der Waals surface area contributed by atoms with Crippen molar-refractivity contribution in [3.63, 3.8) is 0 Å². The summed E-state index contributed by atoms with van der Waals surface area (Å²) in [5.41, 5.74) is 1.05. The molecule has 11 heteroatoms. The number of hydrogen-bond acceptors (Lipinski definition) is 5. The Hall–Kier alpha value is -2.89. The SMILES string of the molecule is CN1CCN(C2Cc3ccc(F)cc3Sc3ccc(C(F)(F)F)cc32)CC1.O=C(O)/C=C\C(=O)O. The monoisotopic (exact) mass is 512 g/mol. The highest BCUT2D eigenvalue weighted by Gasteiger charge is 2.35.